The first kappa shape index (κ1) is 46.4. The third-order valence-electron chi connectivity index (χ3n) is 13.7. The van der Waals surface area contributed by atoms with Crippen molar-refractivity contribution in [2.75, 3.05) is 9.80 Å². The fraction of sp³-hybridized carbons (Fsp3) is 0.0909. The minimum absolute atomic E-state index is 0. The van der Waals surface area contributed by atoms with Crippen molar-refractivity contribution in [1.29, 1.82) is 0 Å². The van der Waals surface area contributed by atoms with Crippen LogP contribution >= 0.6 is 0 Å². The van der Waals surface area contributed by atoms with Crippen molar-refractivity contribution in [2.45, 2.75) is 40.0 Å². The number of benzene rings is 9. The second kappa shape index (κ2) is 19.0. The molecule has 9 aromatic carbocycles. The van der Waals surface area contributed by atoms with Crippen LogP contribution in [-0.4, -0.2) is 9.55 Å². The van der Waals surface area contributed by atoms with Gasteiger partial charge in [-0.25, -0.2) is 4.98 Å². The Morgan fingerprint density at radius 1 is 0.500 bits per heavy atom. The quantitative estimate of drug-likeness (QED) is 0.135. The van der Waals surface area contributed by atoms with Gasteiger partial charge in [0.05, 0.1) is 0 Å². The van der Waals surface area contributed by atoms with Crippen molar-refractivity contribution in [3.05, 3.63) is 248 Å². The van der Waals surface area contributed by atoms with Gasteiger partial charge in [0.2, 0.25) is 0 Å². The molecule has 0 saturated heterocycles. The third-order valence-corrected chi connectivity index (χ3v) is 13.7. The van der Waals surface area contributed by atoms with E-state index in [9.17, 15) is 0 Å². The number of fused-ring (bicyclic) bond motifs is 4. The van der Waals surface area contributed by atoms with Crippen molar-refractivity contribution in [3.63, 3.8) is 0 Å². The van der Waals surface area contributed by atoms with Gasteiger partial charge in [0.15, 0.2) is 0 Å². The molecular weight excluding hydrogens is 1060 g/mol. The van der Waals surface area contributed by atoms with Crippen molar-refractivity contribution >= 4 is 44.6 Å². The molecule has 0 aliphatic carbocycles. The van der Waals surface area contributed by atoms with Gasteiger partial charge in [-0.15, -0.1) is 48.1 Å². The van der Waals surface area contributed by atoms with Crippen LogP contribution in [-0.2, 0) is 26.5 Å². The molecule has 72 heavy (non-hydrogen) atoms. The zero-order valence-corrected chi connectivity index (χ0v) is 43.1. The largest absolute Gasteiger partial charge is 0.509 e. The molecule has 0 spiro atoms. The molecule has 0 radical (unpaired) electrons. The van der Waals surface area contributed by atoms with E-state index in [-0.39, 0.29) is 26.5 Å². The second-order valence-electron chi connectivity index (χ2n) is 19.5. The zero-order chi connectivity index (χ0) is 48.2. The molecule has 0 N–H and O–H groups in total. The van der Waals surface area contributed by atoms with Gasteiger partial charge >= 0.3 is 0 Å². The molecule has 0 bridgehead atoms. The number of para-hydroxylation sites is 3. The maximum absolute atomic E-state index is 6.76. The number of aromatic nitrogens is 2. The van der Waals surface area contributed by atoms with Crippen LogP contribution in [0.4, 0.5) is 22.7 Å². The summed E-state index contributed by atoms with van der Waals surface area (Å²) in [6.45, 7) is 13.2. The summed E-state index contributed by atoms with van der Waals surface area (Å²) in [6, 6.07) is 80.5. The average molecular weight is 1110 g/mol. The Kier molecular flexibility index (Phi) is 12.2. The molecule has 0 fully saturated rings. The van der Waals surface area contributed by atoms with Gasteiger partial charge in [0.25, 0.3) is 0 Å². The van der Waals surface area contributed by atoms with Gasteiger partial charge in [0, 0.05) is 78.0 Å². The summed E-state index contributed by atoms with van der Waals surface area (Å²) in [5.74, 6) is 1.98. The summed E-state index contributed by atoms with van der Waals surface area (Å²) in [4.78, 5) is 9.66. The molecule has 0 amide bonds. The predicted molar refractivity (Wildman–Crippen MR) is 294 cm³/mol. The summed E-state index contributed by atoms with van der Waals surface area (Å²) >= 11 is 0. The fourth-order valence-electron chi connectivity index (χ4n) is 10.0. The second-order valence-corrected chi connectivity index (χ2v) is 19.5. The Labute approximate surface area is 436 Å². The van der Waals surface area contributed by atoms with E-state index in [4.69, 9.17) is 9.72 Å². The molecule has 2 aromatic heterocycles. The number of ether oxygens (including phenoxy) is 1. The van der Waals surface area contributed by atoms with Gasteiger partial charge < -0.3 is 19.1 Å². The molecular formula is C66H51N4OPt-3. The monoisotopic (exact) mass is 1110 g/mol. The molecule has 354 valence electrons. The molecule has 12 rings (SSSR count). The number of rotatable bonds is 9. The van der Waals surface area contributed by atoms with Crippen LogP contribution in [0.1, 0.15) is 37.5 Å². The number of nitrogens with zero attached hydrogens (tertiary/aromatic N) is 4. The van der Waals surface area contributed by atoms with E-state index >= 15 is 0 Å². The zero-order valence-electron chi connectivity index (χ0n) is 40.8. The molecule has 5 nitrogen and oxygen atoms in total. The van der Waals surface area contributed by atoms with E-state index < -0.39 is 0 Å². The van der Waals surface area contributed by atoms with Gasteiger partial charge in [0.1, 0.15) is 5.82 Å². The number of hydrogen-bond acceptors (Lipinski definition) is 4. The molecule has 1 aliphatic heterocycles. The maximum Gasteiger partial charge on any atom is 0.135 e. The minimum Gasteiger partial charge on any atom is -0.509 e. The molecule has 11 aromatic rings. The molecule has 0 unspecified atom stereocenters. The summed E-state index contributed by atoms with van der Waals surface area (Å²) in [6.07, 6.45) is 1.99. The van der Waals surface area contributed by atoms with Crippen LogP contribution in [0.15, 0.2) is 212 Å². The first-order valence-corrected chi connectivity index (χ1v) is 24.3. The van der Waals surface area contributed by atoms with E-state index in [2.05, 4.69) is 256 Å². The van der Waals surface area contributed by atoms with Crippen LogP contribution in [0, 0.1) is 32.6 Å². The first-order valence-electron chi connectivity index (χ1n) is 24.3. The van der Waals surface area contributed by atoms with Gasteiger partial charge in [-0.1, -0.05) is 184 Å². The normalized spacial score (nSPS) is 12.3. The Bertz CT molecular complexity index is 3760. The van der Waals surface area contributed by atoms with Crippen molar-refractivity contribution in [3.8, 4) is 61.8 Å². The van der Waals surface area contributed by atoms with Crippen LogP contribution < -0.4 is 14.5 Å². The Morgan fingerprint density at radius 2 is 1.10 bits per heavy atom. The predicted octanol–water partition coefficient (Wildman–Crippen LogP) is 17.6. The van der Waals surface area contributed by atoms with Gasteiger partial charge in [-0.2, -0.15) is 12.1 Å². The first-order chi connectivity index (χ1) is 34.6. The number of aryl methyl sites for hydroxylation is 2. The molecule has 0 saturated carbocycles. The Morgan fingerprint density at radius 3 is 1.79 bits per heavy atom. The third kappa shape index (κ3) is 8.58. The van der Waals surface area contributed by atoms with Gasteiger partial charge in [-0.3, -0.25) is 0 Å². The molecule has 0 atom stereocenters. The average Bonchev–Trinajstić information content (AvgIpc) is 3.95. The van der Waals surface area contributed by atoms with E-state index in [0.29, 0.717) is 11.5 Å². The van der Waals surface area contributed by atoms with Crippen LogP contribution in [0.5, 0.6) is 11.5 Å². The molecule has 6 heteroatoms. The van der Waals surface area contributed by atoms with Crippen molar-refractivity contribution in [2.24, 2.45) is 0 Å². The standard InChI is InChI=1S/C66H51N4O.Pt/c1-44-26-28-49(29-27-44)59-42-67-64(38-45(59)2)70-60-37-32-50(46-16-8-6-9-17-46)39-58(60)57-36-35-54(41-63(57)70)71-53-21-14-20-52(40-53)68-43-69(62-25-13-12-24-61(62)68)65-55(47-18-10-7-11-19-47)22-15-23-56(65)48-30-33-51(34-31-48)66(3,4)5;/h6-39,42-43H,1-5H3;/q-3;. The summed E-state index contributed by atoms with van der Waals surface area (Å²) < 4.78 is 8.98. The molecule has 1 aliphatic rings. The topological polar surface area (TPSA) is 33.5 Å². The van der Waals surface area contributed by atoms with Crippen molar-refractivity contribution in [1.82, 2.24) is 9.55 Å². The summed E-state index contributed by atoms with van der Waals surface area (Å²) in [7, 11) is 0. The van der Waals surface area contributed by atoms with Gasteiger partial charge in [-0.05, 0) is 87.9 Å². The maximum atomic E-state index is 6.76. The smallest absolute Gasteiger partial charge is 0.135 e. The van der Waals surface area contributed by atoms with Crippen molar-refractivity contribution < 1.29 is 25.8 Å². The van der Waals surface area contributed by atoms with E-state index in [1.165, 1.54) is 16.7 Å². The Hall–Kier alpha value is -7.98. The number of pyridine rings is 1. The number of hydrogen-bond donors (Lipinski definition) is 0. The van der Waals surface area contributed by atoms with Crippen LogP contribution in [0.3, 0.4) is 0 Å². The molecule has 3 heterocycles. The Balaban J connectivity index is 0.00000560. The number of anilines is 4. The van der Waals surface area contributed by atoms with E-state index in [0.717, 1.165) is 94.9 Å². The van der Waals surface area contributed by atoms with E-state index in [1.807, 2.05) is 24.4 Å². The van der Waals surface area contributed by atoms with E-state index in [1.54, 1.807) is 0 Å². The SMILES string of the molecule is Cc1ccc(-c2cnc(-n3c4[c-]c(Oc5[c-]c(N6[CH-]N(c7c(-c8ccccc8)cccc7-c7ccc(C(C)(C)C)cc7)c7ccccc76)ccc5)ccc4c4cc(-c5ccccc5)ccc43)cc2C)cc1.[Pt]. The minimum atomic E-state index is 0. The van der Waals surface area contributed by atoms with Crippen LogP contribution in [0.25, 0.3) is 72.1 Å². The summed E-state index contributed by atoms with van der Waals surface area (Å²) in [5, 5.41) is 2.18. The summed E-state index contributed by atoms with van der Waals surface area (Å²) in [5.41, 5.74) is 18.9. The fourth-order valence-corrected chi connectivity index (χ4v) is 10.0. The van der Waals surface area contributed by atoms with Crippen LogP contribution in [0.2, 0.25) is 0 Å².